The van der Waals surface area contributed by atoms with Gasteiger partial charge in [0.25, 0.3) is 5.69 Å². The van der Waals surface area contributed by atoms with Crippen LogP contribution in [0.1, 0.15) is 11.5 Å². The van der Waals surface area contributed by atoms with E-state index in [-0.39, 0.29) is 30.5 Å². The number of hydrogen-bond donors (Lipinski definition) is 1. The molecule has 3 aromatic rings. The van der Waals surface area contributed by atoms with Gasteiger partial charge < -0.3 is 9.84 Å². The fourth-order valence-corrected chi connectivity index (χ4v) is 2.28. The maximum Gasteiger partial charge on any atom is 0.273 e. The summed E-state index contributed by atoms with van der Waals surface area (Å²) in [7, 11) is 0. The zero-order valence-electron chi connectivity index (χ0n) is 13.1. The van der Waals surface area contributed by atoms with Crippen molar-refractivity contribution in [1.82, 2.24) is 15.5 Å². The van der Waals surface area contributed by atoms with E-state index in [0.717, 1.165) is 5.56 Å². The Morgan fingerprint density at radius 1 is 1.12 bits per heavy atom. The molecule has 3 rings (SSSR count). The highest BCUT2D eigenvalue weighted by Gasteiger charge is 2.16. The number of rotatable bonds is 6. The molecule has 0 fully saturated rings. The Labute approximate surface area is 142 Å². The van der Waals surface area contributed by atoms with Gasteiger partial charge in [0.05, 0.1) is 17.9 Å². The van der Waals surface area contributed by atoms with Crippen LogP contribution >= 0.6 is 0 Å². The SMILES string of the molecule is O=C(Cc1ccccc1[N+](=O)[O-])NCc1nc(-c2ccccc2)no1. The van der Waals surface area contributed by atoms with Gasteiger partial charge in [-0.1, -0.05) is 53.7 Å². The number of hydrogen-bond acceptors (Lipinski definition) is 6. The van der Waals surface area contributed by atoms with Crippen LogP contribution in [0.3, 0.4) is 0 Å². The molecule has 0 saturated heterocycles. The Morgan fingerprint density at radius 2 is 1.84 bits per heavy atom. The molecule has 8 heteroatoms. The van der Waals surface area contributed by atoms with Gasteiger partial charge in [-0.3, -0.25) is 14.9 Å². The Balaban J connectivity index is 1.60. The first-order chi connectivity index (χ1) is 12.1. The van der Waals surface area contributed by atoms with Gasteiger partial charge in [-0.25, -0.2) is 0 Å². The number of nitro benzene ring substituents is 1. The summed E-state index contributed by atoms with van der Waals surface area (Å²) < 4.78 is 5.10. The fraction of sp³-hybridized carbons (Fsp3) is 0.118. The van der Waals surface area contributed by atoms with E-state index in [1.54, 1.807) is 18.2 Å². The Kier molecular flexibility index (Phi) is 4.79. The standard InChI is InChI=1S/C17H14N4O4/c22-15(10-13-8-4-5-9-14(13)21(23)24)18-11-16-19-17(20-25-16)12-6-2-1-3-7-12/h1-9H,10-11H2,(H,18,22). The molecule has 2 aromatic carbocycles. The zero-order chi connectivity index (χ0) is 17.6. The van der Waals surface area contributed by atoms with Crippen LogP contribution in [-0.4, -0.2) is 21.0 Å². The van der Waals surface area contributed by atoms with E-state index in [2.05, 4.69) is 15.5 Å². The molecule has 1 N–H and O–H groups in total. The van der Waals surface area contributed by atoms with Gasteiger partial charge in [-0.05, 0) is 0 Å². The zero-order valence-corrected chi connectivity index (χ0v) is 13.1. The maximum atomic E-state index is 12.0. The van der Waals surface area contributed by atoms with E-state index in [1.807, 2.05) is 30.3 Å². The van der Waals surface area contributed by atoms with Crippen LogP contribution in [-0.2, 0) is 17.8 Å². The predicted molar refractivity (Wildman–Crippen MR) is 88.4 cm³/mol. The lowest BCUT2D eigenvalue weighted by Crippen LogP contribution is -2.25. The fourth-order valence-electron chi connectivity index (χ4n) is 2.28. The highest BCUT2D eigenvalue weighted by molar-refractivity contribution is 5.79. The Bertz CT molecular complexity index is 892. The molecule has 0 aliphatic heterocycles. The van der Waals surface area contributed by atoms with Crippen molar-refractivity contribution in [1.29, 1.82) is 0 Å². The van der Waals surface area contributed by atoms with E-state index >= 15 is 0 Å². The first-order valence-corrected chi connectivity index (χ1v) is 7.50. The maximum absolute atomic E-state index is 12.0. The molecular weight excluding hydrogens is 324 g/mol. The predicted octanol–water partition coefficient (Wildman–Crippen LogP) is 2.50. The van der Waals surface area contributed by atoms with E-state index in [9.17, 15) is 14.9 Å². The summed E-state index contributed by atoms with van der Waals surface area (Å²) in [6.07, 6.45) is -0.100. The molecule has 25 heavy (non-hydrogen) atoms. The second-order valence-electron chi connectivity index (χ2n) is 5.22. The minimum Gasteiger partial charge on any atom is -0.347 e. The van der Waals surface area contributed by atoms with Crippen molar-refractivity contribution in [3.8, 4) is 11.4 Å². The number of aromatic nitrogens is 2. The van der Waals surface area contributed by atoms with E-state index in [4.69, 9.17) is 4.52 Å². The van der Waals surface area contributed by atoms with Crippen LogP contribution in [0.15, 0.2) is 59.1 Å². The Morgan fingerprint density at radius 3 is 2.60 bits per heavy atom. The molecule has 0 radical (unpaired) electrons. The first kappa shape index (κ1) is 16.3. The lowest BCUT2D eigenvalue weighted by Gasteiger charge is -2.03. The molecule has 126 valence electrons. The molecule has 0 saturated carbocycles. The normalized spacial score (nSPS) is 10.4. The lowest BCUT2D eigenvalue weighted by molar-refractivity contribution is -0.385. The largest absolute Gasteiger partial charge is 0.347 e. The highest BCUT2D eigenvalue weighted by atomic mass is 16.6. The third-order valence-corrected chi connectivity index (χ3v) is 3.48. The minimum absolute atomic E-state index is 0.0549. The van der Waals surface area contributed by atoms with Crippen LogP contribution < -0.4 is 5.32 Å². The monoisotopic (exact) mass is 338 g/mol. The number of nitro groups is 1. The van der Waals surface area contributed by atoms with Gasteiger partial charge in [-0.2, -0.15) is 4.98 Å². The van der Waals surface area contributed by atoms with Crippen LogP contribution in [0.2, 0.25) is 0 Å². The average Bonchev–Trinajstić information content (AvgIpc) is 3.10. The van der Waals surface area contributed by atoms with Crippen molar-refractivity contribution in [2.75, 3.05) is 0 Å². The molecule has 0 atom stereocenters. The summed E-state index contributed by atoms with van der Waals surface area (Å²) in [5.41, 5.74) is 1.08. The summed E-state index contributed by atoms with van der Waals surface area (Å²) in [5.74, 6) is 0.326. The molecule has 1 aromatic heterocycles. The quantitative estimate of drug-likeness (QED) is 0.546. The van der Waals surface area contributed by atoms with Crippen molar-refractivity contribution < 1.29 is 14.2 Å². The lowest BCUT2D eigenvalue weighted by atomic mass is 10.1. The van der Waals surface area contributed by atoms with E-state index in [1.165, 1.54) is 6.07 Å². The number of carbonyl (C=O) groups excluding carboxylic acids is 1. The number of carbonyl (C=O) groups is 1. The molecule has 0 bridgehead atoms. The van der Waals surface area contributed by atoms with Crippen molar-refractivity contribution in [2.24, 2.45) is 0 Å². The number of nitrogens with one attached hydrogen (secondary N) is 1. The average molecular weight is 338 g/mol. The minimum atomic E-state index is -0.507. The van der Waals surface area contributed by atoms with Gasteiger partial charge >= 0.3 is 0 Å². The van der Waals surface area contributed by atoms with Crippen molar-refractivity contribution in [3.63, 3.8) is 0 Å². The summed E-state index contributed by atoms with van der Waals surface area (Å²) in [5, 5.41) is 17.4. The Hall–Kier alpha value is -3.55. The molecule has 1 amide bonds. The van der Waals surface area contributed by atoms with Crippen LogP contribution in [0.4, 0.5) is 5.69 Å². The van der Waals surface area contributed by atoms with Crippen LogP contribution in [0.25, 0.3) is 11.4 Å². The van der Waals surface area contributed by atoms with Crippen LogP contribution in [0.5, 0.6) is 0 Å². The second kappa shape index (κ2) is 7.35. The van der Waals surface area contributed by atoms with Crippen molar-refractivity contribution in [3.05, 3.63) is 76.2 Å². The van der Waals surface area contributed by atoms with Gasteiger partial charge in [-0.15, -0.1) is 0 Å². The van der Waals surface area contributed by atoms with E-state index in [0.29, 0.717) is 11.4 Å². The molecule has 1 heterocycles. The third kappa shape index (κ3) is 4.05. The molecule has 8 nitrogen and oxygen atoms in total. The summed E-state index contributed by atoms with van der Waals surface area (Å²) in [6.45, 7) is 0.0549. The van der Waals surface area contributed by atoms with E-state index < -0.39 is 4.92 Å². The third-order valence-electron chi connectivity index (χ3n) is 3.48. The topological polar surface area (TPSA) is 111 Å². The molecule has 0 spiro atoms. The smallest absolute Gasteiger partial charge is 0.273 e. The van der Waals surface area contributed by atoms with Crippen molar-refractivity contribution in [2.45, 2.75) is 13.0 Å². The molecular formula is C17H14N4O4. The van der Waals surface area contributed by atoms with Gasteiger partial charge in [0.2, 0.25) is 17.6 Å². The number of para-hydroxylation sites is 1. The summed E-state index contributed by atoms with van der Waals surface area (Å²) in [6, 6.07) is 15.4. The summed E-state index contributed by atoms with van der Waals surface area (Å²) >= 11 is 0. The number of benzene rings is 2. The molecule has 0 aliphatic rings. The second-order valence-corrected chi connectivity index (χ2v) is 5.22. The van der Waals surface area contributed by atoms with Gasteiger partial charge in [0.15, 0.2) is 0 Å². The molecule has 0 aliphatic carbocycles. The van der Waals surface area contributed by atoms with Crippen LogP contribution in [0, 0.1) is 10.1 Å². The number of nitrogens with zero attached hydrogens (tertiary/aromatic N) is 3. The van der Waals surface area contributed by atoms with Gasteiger partial charge in [0.1, 0.15) is 0 Å². The summed E-state index contributed by atoms with van der Waals surface area (Å²) in [4.78, 5) is 26.7. The van der Waals surface area contributed by atoms with Crippen molar-refractivity contribution >= 4 is 11.6 Å². The van der Waals surface area contributed by atoms with Gasteiger partial charge in [0, 0.05) is 17.2 Å². The number of amides is 1. The molecule has 0 unspecified atom stereocenters. The highest BCUT2D eigenvalue weighted by Crippen LogP contribution is 2.18. The first-order valence-electron chi connectivity index (χ1n) is 7.50.